The second-order valence-electron chi connectivity index (χ2n) is 2.67. The number of pyridine rings is 1. The lowest BCUT2D eigenvalue weighted by atomic mass is 10.2. The van der Waals surface area contributed by atoms with Gasteiger partial charge in [-0.15, -0.1) is 0 Å². The molecule has 0 atom stereocenters. The number of hydrogen-bond acceptors (Lipinski definition) is 4. The fourth-order valence-electron chi connectivity index (χ4n) is 0.942. The fourth-order valence-corrected chi connectivity index (χ4v) is 2.50. The number of primary sulfonamides is 1. The zero-order chi connectivity index (χ0) is 12.5. The van der Waals surface area contributed by atoms with Gasteiger partial charge in [0.1, 0.15) is 6.07 Å². The van der Waals surface area contributed by atoms with E-state index in [1.165, 1.54) is 6.07 Å². The fraction of sp³-hybridized carbons (Fsp3) is 0.143. The first-order valence-corrected chi connectivity index (χ1v) is 6.02. The predicted molar refractivity (Wildman–Crippen MR) is 53.0 cm³/mol. The van der Waals surface area contributed by atoms with Gasteiger partial charge in [-0.25, -0.2) is 27.3 Å². The number of aromatic nitrogens is 1. The van der Waals surface area contributed by atoms with Crippen molar-refractivity contribution in [1.82, 2.24) is 4.98 Å². The second kappa shape index (κ2) is 4.40. The molecule has 0 bridgehead atoms. The van der Waals surface area contributed by atoms with Crippen molar-refractivity contribution in [2.24, 2.45) is 5.14 Å². The van der Waals surface area contributed by atoms with Crippen LogP contribution in [0, 0.1) is 11.3 Å². The molecule has 2 N–H and O–H groups in total. The number of nitrogens with two attached hydrogens (primary N) is 1. The van der Waals surface area contributed by atoms with E-state index in [1.807, 2.05) is 0 Å². The van der Waals surface area contributed by atoms with E-state index in [2.05, 4.69) is 20.9 Å². The van der Waals surface area contributed by atoms with Crippen LogP contribution in [0.5, 0.6) is 0 Å². The van der Waals surface area contributed by atoms with Crippen molar-refractivity contribution in [2.45, 2.75) is 11.5 Å². The summed E-state index contributed by atoms with van der Waals surface area (Å²) in [5, 5.41) is 12.7. The van der Waals surface area contributed by atoms with E-state index in [0.717, 1.165) is 6.07 Å². The Kier molecular flexibility index (Phi) is 3.57. The maximum Gasteiger partial charge on any atom is 0.266 e. The van der Waals surface area contributed by atoms with E-state index >= 15 is 0 Å². The lowest BCUT2D eigenvalue weighted by molar-refractivity contribution is 0.150. The van der Waals surface area contributed by atoms with Crippen molar-refractivity contribution in [1.29, 1.82) is 5.26 Å². The van der Waals surface area contributed by atoms with Crippen LogP contribution in [0.4, 0.5) is 8.78 Å². The normalized spacial score (nSPS) is 11.5. The minimum absolute atomic E-state index is 0.204. The first-order valence-electron chi connectivity index (χ1n) is 3.69. The summed E-state index contributed by atoms with van der Waals surface area (Å²) < 4.78 is 46.6. The SMILES string of the molecule is N#Cc1nc(S(N)(=O)=O)c(Br)cc1C(F)F. The van der Waals surface area contributed by atoms with E-state index in [4.69, 9.17) is 10.4 Å². The molecule has 0 amide bonds. The summed E-state index contributed by atoms with van der Waals surface area (Å²) in [7, 11) is -4.16. The van der Waals surface area contributed by atoms with E-state index in [0.29, 0.717) is 0 Å². The lowest BCUT2D eigenvalue weighted by Gasteiger charge is -2.06. The van der Waals surface area contributed by atoms with Crippen molar-refractivity contribution in [3.05, 3.63) is 21.8 Å². The van der Waals surface area contributed by atoms with Crippen molar-refractivity contribution < 1.29 is 17.2 Å². The summed E-state index contributed by atoms with van der Waals surface area (Å²) in [6.07, 6.45) is -2.92. The largest absolute Gasteiger partial charge is 0.266 e. The van der Waals surface area contributed by atoms with Gasteiger partial charge in [-0.1, -0.05) is 0 Å². The van der Waals surface area contributed by atoms with Gasteiger partial charge in [0.05, 0.1) is 10.0 Å². The molecule has 1 aromatic heterocycles. The molecule has 1 heterocycles. The molecular weight excluding hydrogens is 308 g/mol. The van der Waals surface area contributed by atoms with Crippen molar-refractivity contribution in [3.8, 4) is 6.07 Å². The molecule has 5 nitrogen and oxygen atoms in total. The van der Waals surface area contributed by atoms with Gasteiger partial charge in [0.2, 0.25) is 0 Å². The Morgan fingerprint density at radius 3 is 2.50 bits per heavy atom. The number of hydrogen-bond donors (Lipinski definition) is 1. The van der Waals surface area contributed by atoms with Gasteiger partial charge in [0.15, 0.2) is 10.7 Å². The lowest BCUT2D eigenvalue weighted by Crippen LogP contribution is -2.16. The molecule has 0 fully saturated rings. The van der Waals surface area contributed by atoms with Crippen LogP contribution < -0.4 is 5.14 Å². The van der Waals surface area contributed by atoms with Crippen LogP contribution in [-0.4, -0.2) is 13.4 Å². The van der Waals surface area contributed by atoms with Gasteiger partial charge in [0, 0.05) is 0 Å². The maximum atomic E-state index is 12.4. The minimum Gasteiger partial charge on any atom is -0.223 e. The van der Waals surface area contributed by atoms with Gasteiger partial charge in [-0.05, 0) is 22.0 Å². The molecule has 0 saturated heterocycles. The predicted octanol–water partition coefficient (Wildman–Crippen LogP) is 1.30. The number of nitrogens with zero attached hydrogens (tertiary/aromatic N) is 2. The number of halogens is 3. The summed E-state index contributed by atoms with van der Waals surface area (Å²) in [5.41, 5.74) is -1.32. The molecule has 1 rings (SSSR count). The van der Waals surface area contributed by atoms with Crippen LogP contribution in [-0.2, 0) is 10.0 Å². The summed E-state index contributed by atoms with van der Waals surface area (Å²) in [5.74, 6) is 0. The van der Waals surface area contributed by atoms with Gasteiger partial charge in [-0.3, -0.25) is 0 Å². The number of sulfonamides is 1. The summed E-state index contributed by atoms with van der Waals surface area (Å²) in [4.78, 5) is 3.28. The molecular formula is C7H4BrF2N3O2S. The maximum absolute atomic E-state index is 12.4. The topological polar surface area (TPSA) is 96.8 Å². The van der Waals surface area contributed by atoms with Crippen LogP contribution in [0.3, 0.4) is 0 Å². The van der Waals surface area contributed by atoms with Crippen molar-refractivity contribution >= 4 is 26.0 Å². The summed E-state index contributed by atoms with van der Waals surface area (Å²) >= 11 is 2.75. The third kappa shape index (κ3) is 2.52. The smallest absolute Gasteiger partial charge is 0.223 e. The van der Waals surface area contributed by atoms with Gasteiger partial charge in [0.25, 0.3) is 16.4 Å². The van der Waals surface area contributed by atoms with Crippen LogP contribution in [0.1, 0.15) is 17.7 Å². The Morgan fingerprint density at radius 2 is 2.12 bits per heavy atom. The van der Waals surface area contributed by atoms with E-state index in [-0.39, 0.29) is 4.47 Å². The van der Waals surface area contributed by atoms with Gasteiger partial charge >= 0.3 is 0 Å². The number of nitriles is 1. The molecule has 0 saturated carbocycles. The number of rotatable bonds is 2. The summed E-state index contributed by atoms with van der Waals surface area (Å²) in [6, 6.07) is 2.20. The van der Waals surface area contributed by atoms with Crippen LogP contribution >= 0.6 is 15.9 Å². The van der Waals surface area contributed by atoms with E-state index in [9.17, 15) is 17.2 Å². The van der Waals surface area contributed by atoms with Gasteiger partial charge in [-0.2, -0.15) is 5.26 Å². The Hall–Kier alpha value is -1.11. The van der Waals surface area contributed by atoms with Gasteiger partial charge < -0.3 is 0 Å². The highest BCUT2D eigenvalue weighted by molar-refractivity contribution is 9.10. The standard InChI is InChI=1S/C7H4BrF2N3O2S/c8-4-1-3(6(9)10)5(2-11)13-7(4)16(12,14)15/h1,6H,(H2,12,14,15). The quantitative estimate of drug-likeness (QED) is 0.890. The molecule has 0 radical (unpaired) electrons. The van der Waals surface area contributed by atoms with Crippen molar-refractivity contribution in [3.63, 3.8) is 0 Å². The molecule has 0 aliphatic rings. The Balaban J connectivity index is 3.58. The first-order chi connectivity index (χ1) is 7.27. The highest BCUT2D eigenvalue weighted by Crippen LogP contribution is 2.28. The zero-order valence-corrected chi connectivity index (χ0v) is 9.89. The summed E-state index contributed by atoms with van der Waals surface area (Å²) in [6.45, 7) is 0. The molecule has 0 aliphatic heterocycles. The number of alkyl halides is 2. The third-order valence-corrected chi connectivity index (χ3v) is 3.30. The zero-order valence-electron chi connectivity index (χ0n) is 7.49. The second-order valence-corrected chi connectivity index (χ2v) is 5.00. The molecule has 0 aliphatic carbocycles. The Labute approximate surface area is 98.1 Å². The Bertz CT molecular complexity index is 568. The third-order valence-electron chi connectivity index (χ3n) is 1.58. The molecule has 16 heavy (non-hydrogen) atoms. The molecule has 9 heteroatoms. The highest BCUT2D eigenvalue weighted by atomic mass is 79.9. The monoisotopic (exact) mass is 311 g/mol. The Morgan fingerprint density at radius 1 is 1.56 bits per heavy atom. The van der Waals surface area contributed by atoms with E-state index in [1.54, 1.807) is 0 Å². The average molecular weight is 312 g/mol. The van der Waals surface area contributed by atoms with E-state index < -0.39 is 32.7 Å². The minimum atomic E-state index is -4.16. The molecule has 86 valence electrons. The highest BCUT2D eigenvalue weighted by Gasteiger charge is 2.22. The first kappa shape index (κ1) is 13.0. The molecule has 0 spiro atoms. The molecule has 0 unspecified atom stereocenters. The van der Waals surface area contributed by atoms with Crippen LogP contribution in [0.2, 0.25) is 0 Å². The average Bonchev–Trinajstić information content (AvgIpc) is 2.15. The molecule has 1 aromatic rings. The molecule has 0 aromatic carbocycles. The van der Waals surface area contributed by atoms with Crippen molar-refractivity contribution in [2.75, 3.05) is 0 Å². The van der Waals surface area contributed by atoms with Crippen LogP contribution in [0.25, 0.3) is 0 Å². The van der Waals surface area contributed by atoms with Crippen LogP contribution in [0.15, 0.2) is 15.6 Å².